The van der Waals surface area contributed by atoms with Crippen molar-refractivity contribution in [3.63, 3.8) is 0 Å². The third kappa shape index (κ3) is 2.80. The lowest BCUT2D eigenvalue weighted by Gasteiger charge is -2.28. The van der Waals surface area contributed by atoms with E-state index in [9.17, 15) is 0 Å². The van der Waals surface area contributed by atoms with Gasteiger partial charge < -0.3 is 0 Å². The minimum absolute atomic E-state index is 0.822. The predicted octanol–water partition coefficient (Wildman–Crippen LogP) is 6.36. The fourth-order valence-electron chi connectivity index (χ4n) is 5.68. The highest BCUT2D eigenvalue weighted by Gasteiger charge is 2.37. The normalized spacial score (nSPS) is 13.5. The van der Waals surface area contributed by atoms with Gasteiger partial charge in [0.15, 0.2) is 6.54 Å². The van der Waals surface area contributed by atoms with Gasteiger partial charge in [-0.25, -0.2) is 0 Å². The van der Waals surface area contributed by atoms with Crippen molar-refractivity contribution in [3.8, 4) is 33.6 Å². The molecule has 2 aliphatic rings. The first-order chi connectivity index (χ1) is 15.4. The summed E-state index contributed by atoms with van der Waals surface area (Å²) in [6, 6.07) is 29.0. The number of nitrogens with zero attached hydrogens (tertiary/aromatic N) is 1. The Morgan fingerprint density at radius 1 is 0.645 bits per heavy atom. The van der Waals surface area contributed by atoms with Crippen molar-refractivity contribution < 1.29 is 4.57 Å². The van der Waals surface area contributed by atoms with E-state index >= 15 is 0 Å². The molecule has 0 saturated heterocycles. The second kappa shape index (κ2) is 7.35. The van der Waals surface area contributed by atoms with Crippen LogP contribution in [-0.4, -0.2) is 0 Å². The molecule has 0 unspecified atom stereocenters. The third-order valence-corrected chi connectivity index (χ3v) is 6.92. The number of hydrogen-bond acceptors (Lipinski definition) is 0. The average molecular weight is 401 g/mol. The van der Waals surface area contributed by atoms with Crippen LogP contribution in [0.3, 0.4) is 0 Å². The summed E-state index contributed by atoms with van der Waals surface area (Å²) in [6.45, 7) is 4.95. The molecular weight excluding hydrogens is 374 g/mol. The zero-order valence-corrected chi connectivity index (χ0v) is 17.8. The van der Waals surface area contributed by atoms with Crippen LogP contribution in [0.4, 0.5) is 0 Å². The van der Waals surface area contributed by atoms with E-state index in [1.165, 1.54) is 55.9 Å². The minimum atomic E-state index is 0.822. The molecule has 6 rings (SSSR count). The molecule has 0 bridgehead atoms. The summed E-state index contributed by atoms with van der Waals surface area (Å²) < 4.78 is 2.56. The first-order valence-electron chi connectivity index (χ1n) is 11.3. The van der Waals surface area contributed by atoms with Gasteiger partial charge in [0.1, 0.15) is 0 Å². The van der Waals surface area contributed by atoms with Gasteiger partial charge in [0.05, 0.1) is 0 Å². The Hall–Kier alpha value is -3.45. The molecule has 0 fully saturated rings. The molecule has 1 heteroatoms. The number of allylic oxidation sites excluding steroid dienone is 1. The Labute approximate surface area is 184 Å². The van der Waals surface area contributed by atoms with Gasteiger partial charge in [-0.2, -0.15) is 4.57 Å². The van der Waals surface area contributed by atoms with Crippen molar-refractivity contribution in [3.05, 3.63) is 114 Å². The highest BCUT2D eigenvalue weighted by atomic mass is 15.0. The van der Waals surface area contributed by atoms with Crippen molar-refractivity contribution in [2.24, 2.45) is 0 Å². The lowest BCUT2D eigenvalue weighted by atomic mass is 9.77. The topological polar surface area (TPSA) is 3.88 Å². The molecule has 0 N–H and O–H groups in total. The highest BCUT2D eigenvalue weighted by molar-refractivity contribution is 5.85. The van der Waals surface area contributed by atoms with E-state index in [0.29, 0.717) is 0 Å². The van der Waals surface area contributed by atoms with Crippen LogP contribution in [0.15, 0.2) is 91.5 Å². The number of hydrogen-bond donors (Lipinski definition) is 0. The summed E-state index contributed by atoms with van der Waals surface area (Å²) in [5, 5.41) is 0. The van der Waals surface area contributed by atoms with Crippen LogP contribution >= 0.6 is 0 Å². The maximum Gasteiger partial charge on any atom is 0.217 e. The molecule has 0 saturated carbocycles. The summed E-state index contributed by atoms with van der Waals surface area (Å²) >= 11 is 0. The Balaban J connectivity index is 1.80. The van der Waals surface area contributed by atoms with E-state index in [0.717, 1.165) is 32.2 Å². The van der Waals surface area contributed by atoms with Crippen LogP contribution in [0, 0.1) is 0 Å². The molecule has 1 aromatic heterocycles. The monoisotopic (exact) mass is 400 g/mol. The Morgan fingerprint density at radius 2 is 1.16 bits per heavy atom. The zero-order valence-electron chi connectivity index (χ0n) is 17.8. The number of rotatable bonds is 3. The number of pyridine rings is 1. The van der Waals surface area contributed by atoms with Crippen molar-refractivity contribution in [1.82, 2.24) is 0 Å². The number of fused-ring (bicyclic) bond motifs is 6. The predicted molar refractivity (Wildman–Crippen MR) is 128 cm³/mol. The first-order valence-corrected chi connectivity index (χ1v) is 11.3. The van der Waals surface area contributed by atoms with Crippen LogP contribution in [0.25, 0.3) is 33.6 Å². The second-order valence-electron chi connectivity index (χ2n) is 8.61. The fraction of sp³-hybridized carbons (Fsp3) is 0.167. The Bertz CT molecular complexity index is 1240. The van der Waals surface area contributed by atoms with Gasteiger partial charge in [0.2, 0.25) is 11.4 Å². The van der Waals surface area contributed by atoms with Crippen LogP contribution in [-0.2, 0) is 32.2 Å². The van der Waals surface area contributed by atoms with Gasteiger partial charge in [0.25, 0.3) is 0 Å². The van der Waals surface area contributed by atoms with Crippen LogP contribution in [0.5, 0.6) is 0 Å². The molecule has 0 amide bonds. The van der Waals surface area contributed by atoms with Crippen LogP contribution < -0.4 is 4.57 Å². The van der Waals surface area contributed by atoms with Gasteiger partial charge in [-0.3, -0.25) is 0 Å². The molecule has 0 spiro atoms. The number of benzene rings is 3. The number of aryl methyl sites for hydroxylation is 2. The Kier molecular flexibility index (Phi) is 4.35. The fourth-order valence-corrected chi connectivity index (χ4v) is 5.68. The van der Waals surface area contributed by atoms with E-state index < -0.39 is 0 Å². The van der Waals surface area contributed by atoms with E-state index in [4.69, 9.17) is 0 Å². The molecule has 3 aromatic carbocycles. The van der Waals surface area contributed by atoms with Gasteiger partial charge in [-0.15, -0.1) is 0 Å². The number of aromatic nitrogens is 1. The van der Waals surface area contributed by atoms with Crippen LogP contribution in [0.1, 0.15) is 22.3 Å². The van der Waals surface area contributed by atoms with Gasteiger partial charge >= 0.3 is 0 Å². The lowest BCUT2D eigenvalue weighted by molar-refractivity contribution is -0.665. The first kappa shape index (κ1) is 18.3. The van der Waals surface area contributed by atoms with Crippen molar-refractivity contribution in [2.75, 3.05) is 0 Å². The van der Waals surface area contributed by atoms with E-state index in [2.05, 4.69) is 96.1 Å². The molecular formula is C30H26N+. The quantitative estimate of drug-likeness (QED) is 0.278. The largest absolute Gasteiger partial charge is 0.217 e. The summed E-state index contributed by atoms with van der Waals surface area (Å²) in [4.78, 5) is 0. The standard InChI is InChI=1S/C30H26N/c1-2-20-31-29-24-14-8-6-10-21(24)16-18-26(29)28(23-12-4-3-5-13-23)27-19-17-22-11-7-9-15-25(22)30(27)31/h2-15H,1,16-20H2/q+1. The van der Waals surface area contributed by atoms with E-state index in [1.54, 1.807) is 0 Å². The molecule has 0 atom stereocenters. The van der Waals surface area contributed by atoms with Gasteiger partial charge in [-0.1, -0.05) is 73.3 Å². The summed E-state index contributed by atoms with van der Waals surface area (Å²) in [5.74, 6) is 0. The van der Waals surface area contributed by atoms with Crippen molar-refractivity contribution in [2.45, 2.75) is 32.2 Å². The molecule has 2 aliphatic carbocycles. The van der Waals surface area contributed by atoms with Crippen molar-refractivity contribution in [1.29, 1.82) is 0 Å². The lowest BCUT2D eigenvalue weighted by Crippen LogP contribution is -2.43. The third-order valence-electron chi connectivity index (χ3n) is 6.92. The molecule has 4 aromatic rings. The Morgan fingerprint density at radius 3 is 1.71 bits per heavy atom. The molecule has 31 heavy (non-hydrogen) atoms. The SMILES string of the molecule is C=CC[n+]1c2c(c(-c3ccccc3)c3c1-c1ccccc1CC3)CCc1ccccc1-2. The van der Waals surface area contributed by atoms with Crippen LogP contribution in [0.2, 0.25) is 0 Å². The molecule has 150 valence electrons. The summed E-state index contributed by atoms with van der Waals surface area (Å²) in [5.41, 5.74) is 14.3. The minimum Gasteiger partial charge on any atom is -0.187 e. The molecule has 0 radical (unpaired) electrons. The second-order valence-corrected chi connectivity index (χ2v) is 8.61. The van der Waals surface area contributed by atoms with E-state index in [-0.39, 0.29) is 0 Å². The smallest absolute Gasteiger partial charge is 0.187 e. The summed E-state index contributed by atoms with van der Waals surface area (Å²) in [6.07, 6.45) is 6.43. The highest BCUT2D eigenvalue weighted by Crippen LogP contribution is 2.44. The van der Waals surface area contributed by atoms with Gasteiger partial charge in [0, 0.05) is 27.8 Å². The maximum absolute atomic E-state index is 4.13. The van der Waals surface area contributed by atoms with Crippen molar-refractivity contribution >= 4 is 0 Å². The van der Waals surface area contributed by atoms with E-state index in [1.807, 2.05) is 0 Å². The average Bonchev–Trinajstić information content (AvgIpc) is 2.84. The van der Waals surface area contributed by atoms with Gasteiger partial charge in [-0.05, 0) is 60.6 Å². The summed E-state index contributed by atoms with van der Waals surface area (Å²) in [7, 11) is 0. The maximum atomic E-state index is 4.13. The zero-order chi connectivity index (χ0) is 20.8. The molecule has 0 aliphatic heterocycles. The molecule has 1 heterocycles. The molecule has 1 nitrogen and oxygen atoms in total.